The van der Waals surface area contributed by atoms with E-state index in [2.05, 4.69) is 43.5 Å². The lowest BCUT2D eigenvalue weighted by molar-refractivity contribution is -0.133. The van der Waals surface area contributed by atoms with Crippen LogP contribution in [-0.4, -0.2) is 25.0 Å². The Morgan fingerprint density at radius 3 is 2.40 bits per heavy atom. The minimum absolute atomic E-state index is 0.208. The maximum absolute atomic E-state index is 13.1. The van der Waals surface area contributed by atoms with Crippen LogP contribution in [0.25, 0.3) is 0 Å². The number of nitrogens with one attached hydrogen (secondary N) is 2. The molecule has 0 spiro atoms. The third kappa shape index (κ3) is 4.20. The fourth-order valence-electron chi connectivity index (χ4n) is 4.44. The number of rotatable bonds is 4. The van der Waals surface area contributed by atoms with E-state index in [9.17, 15) is 4.79 Å². The van der Waals surface area contributed by atoms with Gasteiger partial charge in [0, 0.05) is 28.9 Å². The van der Waals surface area contributed by atoms with Crippen molar-refractivity contribution >= 4 is 17.5 Å². The zero-order chi connectivity index (χ0) is 18.0. The Morgan fingerprint density at radius 1 is 1.12 bits per heavy atom. The summed E-state index contributed by atoms with van der Waals surface area (Å²) in [6.45, 7) is 8.32. The highest BCUT2D eigenvalue weighted by atomic mass is 35.5. The third-order valence-corrected chi connectivity index (χ3v) is 6.63. The largest absolute Gasteiger partial charge is 0.353 e. The fourth-order valence-corrected chi connectivity index (χ4v) is 4.57. The SMILES string of the molecule is CC1CCC(NC(=O)C(C)(C)[C@H]2CNC[C@H]2c2ccc(Cl)cc2)CC1. The van der Waals surface area contributed by atoms with Crippen molar-refractivity contribution in [2.45, 2.75) is 58.4 Å². The molecule has 4 heteroatoms. The van der Waals surface area contributed by atoms with Gasteiger partial charge in [0.1, 0.15) is 0 Å². The summed E-state index contributed by atoms with van der Waals surface area (Å²) in [6, 6.07) is 8.45. The van der Waals surface area contributed by atoms with Crippen LogP contribution in [0, 0.1) is 17.3 Å². The summed E-state index contributed by atoms with van der Waals surface area (Å²) in [6.07, 6.45) is 4.69. The molecular formula is C21H31ClN2O. The van der Waals surface area contributed by atoms with Crippen LogP contribution in [0.4, 0.5) is 0 Å². The molecule has 1 aliphatic carbocycles. The van der Waals surface area contributed by atoms with Gasteiger partial charge in [0.15, 0.2) is 0 Å². The standard InChI is InChI=1S/C21H31ClN2O/c1-14-4-10-17(11-5-14)24-20(25)21(2,3)19-13-23-12-18(19)15-6-8-16(22)9-7-15/h6-9,14,17-19,23H,4-5,10-13H2,1-3H3,(H,24,25)/t14?,17?,18-,19-/m0/s1. The summed E-state index contributed by atoms with van der Waals surface area (Å²) < 4.78 is 0. The van der Waals surface area contributed by atoms with Gasteiger partial charge in [-0.1, -0.05) is 44.5 Å². The van der Waals surface area contributed by atoms with Crippen LogP contribution in [0.1, 0.15) is 57.9 Å². The Hall–Kier alpha value is -1.06. The van der Waals surface area contributed by atoms with Crippen LogP contribution < -0.4 is 10.6 Å². The molecule has 0 aromatic heterocycles. The number of amides is 1. The molecule has 1 saturated carbocycles. The molecule has 2 fully saturated rings. The van der Waals surface area contributed by atoms with Crippen molar-refractivity contribution in [1.29, 1.82) is 0 Å². The highest BCUT2D eigenvalue weighted by Gasteiger charge is 2.44. The number of benzene rings is 1. The van der Waals surface area contributed by atoms with E-state index >= 15 is 0 Å². The van der Waals surface area contributed by atoms with Crippen molar-refractivity contribution in [3.05, 3.63) is 34.9 Å². The van der Waals surface area contributed by atoms with Gasteiger partial charge in [0.05, 0.1) is 0 Å². The maximum atomic E-state index is 13.1. The average molecular weight is 363 g/mol. The first-order valence-corrected chi connectivity index (χ1v) is 10.0. The Balaban J connectivity index is 1.69. The first kappa shape index (κ1) is 18.7. The topological polar surface area (TPSA) is 41.1 Å². The molecular weight excluding hydrogens is 332 g/mol. The van der Waals surface area contributed by atoms with E-state index in [0.29, 0.717) is 12.0 Å². The normalized spacial score (nSPS) is 30.2. The van der Waals surface area contributed by atoms with Gasteiger partial charge in [-0.15, -0.1) is 0 Å². The molecule has 1 amide bonds. The van der Waals surface area contributed by atoms with Gasteiger partial charge in [0.2, 0.25) is 5.91 Å². The monoisotopic (exact) mass is 362 g/mol. The molecule has 25 heavy (non-hydrogen) atoms. The minimum Gasteiger partial charge on any atom is -0.353 e. The van der Waals surface area contributed by atoms with Crippen LogP contribution in [0.15, 0.2) is 24.3 Å². The number of carbonyl (C=O) groups is 1. The predicted molar refractivity (Wildman–Crippen MR) is 104 cm³/mol. The number of carbonyl (C=O) groups excluding carboxylic acids is 1. The van der Waals surface area contributed by atoms with Crippen LogP contribution in [0.3, 0.4) is 0 Å². The van der Waals surface area contributed by atoms with E-state index in [0.717, 1.165) is 36.9 Å². The van der Waals surface area contributed by atoms with Crippen molar-refractivity contribution in [3.63, 3.8) is 0 Å². The second kappa shape index (κ2) is 7.67. The molecule has 3 rings (SSSR count). The summed E-state index contributed by atoms with van der Waals surface area (Å²) in [5.74, 6) is 1.65. The highest BCUT2D eigenvalue weighted by Crippen LogP contribution is 2.41. The van der Waals surface area contributed by atoms with Crippen molar-refractivity contribution in [2.24, 2.45) is 17.3 Å². The van der Waals surface area contributed by atoms with Crippen molar-refractivity contribution in [1.82, 2.24) is 10.6 Å². The lowest BCUT2D eigenvalue weighted by Gasteiger charge is -2.36. The molecule has 0 radical (unpaired) electrons. The first-order chi connectivity index (χ1) is 11.9. The summed E-state index contributed by atoms with van der Waals surface area (Å²) in [5.41, 5.74) is 0.878. The van der Waals surface area contributed by atoms with Gasteiger partial charge in [-0.3, -0.25) is 4.79 Å². The van der Waals surface area contributed by atoms with E-state index in [-0.39, 0.29) is 11.8 Å². The third-order valence-electron chi connectivity index (χ3n) is 6.38. The summed E-state index contributed by atoms with van der Waals surface area (Å²) in [5, 5.41) is 7.60. The molecule has 0 bridgehead atoms. The fraction of sp³-hybridized carbons (Fsp3) is 0.667. The van der Waals surface area contributed by atoms with Crippen LogP contribution >= 0.6 is 11.6 Å². The Bertz CT molecular complexity index is 590. The number of halogens is 1. The second-order valence-electron chi connectivity index (χ2n) is 8.57. The molecule has 2 aliphatic rings. The van der Waals surface area contributed by atoms with E-state index in [1.165, 1.54) is 18.4 Å². The van der Waals surface area contributed by atoms with Crippen molar-refractivity contribution < 1.29 is 4.79 Å². The van der Waals surface area contributed by atoms with E-state index in [4.69, 9.17) is 11.6 Å². The molecule has 1 heterocycles. The zero-order valence-corrected chi connectivity index (χ0v) is 16.4. The van der Waals surface area contributed by atoms with E-state index in [1.807, 2.05) is 12.1 Å². The van der Waals surface area contributed by atoms with Crippen molar-refractivity contribution in [3.8, 4) is 0 Å². The molecule has 2 N–H and O–H groups in total. The average Bonchev–Trinajstić information content (AvgIpc) is 3.08. The summed E-state index contributed by atoms with van der Waals surface area (Å²) >= 11 is 6.03. The molecule has 2 atom stereocenters. The first-order valence-electron chi connectivity index (χ1n) is 9.65. The van der Waals surface area contributed by atoms with Crippen LogP contribution in [0.2, 0.25) is 5.02 Å². The maximum Gasteiger partial charge on any atom is 0.226 e. The molecule has 0 unspecified atom stereocenters. The molecule has 1 saturated heterocycles. The van der Waals surface area contributed by atoms with Gasteiger partial charge < -0.3 is 10.6 Å². The van der Waals surface area contributed by atoms with Gasteiger partial charge >= 0.3 is 0 Å². The lowest BCUT2D eigenvalue weighted by atomic mass is 9.70. The molecule has 1 aromatic rings. The van der Waals surface area contributed by atoms with E-state index in [1.54, 1.807) is 0 Å². The Kier molecular flexibility index (Phi) is 5.75. The summed E-state index contributed by atoms with van der Waals surface area (Å²) in [7, 11) is 0. The summed E-state index contributed by atoms with van der Waals surface area (Å²) in [4.78, 5) is 13.1. The van der Waals surface area contributed by atoms with E-state index < -0.39 is 5.41 Å². The van der Waals surface area contributed by atoms with Crippen LogP contribution in [0.5, 0.6) is 0 Å². The Labute approximate surface area is 156 Å². The number of hydrogen-bond donors (Lipinski definition) is 2. The number of hydrogen-bond acceptors (Lipinski definition) is 2. The van der Waals surface area contributed by atoms with Gasteiger partial charge in [-0.05, 0) is 61.8 Å². The minimum atomic E-state index is -0.392. The Morgan fingerprint density at radius 2 is 1.76 bits per heavy atom. The van der Waals surface area contributed by atoms with Gasteiger partial charge in [0.25, 0.3) is 0 Å². The second-order valence-corrected chi connectivity index (χ2v) is 9.01. The predicted octanol–water partition coefficient (Wildman–Crippen LogP) is 4.36. The van der Waals surface area contributed by atoms with Crippen LogP contribution in [-0.2, 0) is 4.79 Å². The van der Waals surface area contributed by atoms with Gasteiger partial charge in [-0.2, -0.15) is 0 Å². The van der Waals surface area contributed by atoms with Gasteiger partial charge in [-0.25, -0.2) is 0 Å². The zero-order valence-electron chi connectivity index (χ0n) is 15.6. The smallest absolute Gasteiger partial charge is 0.226 e. The quantitative estimate of drug-likeness (QED) is 0.835. The highest BCUT2D eigenvalue weighted by molar-refractivity contribution is 6.30. The molecule has 1 aromatic carbocycles. The van der Waals surface area contributed by atoms with Crippen molar-refractivity contribution in [2.75, 3.05) is 13.1 Å². The molecule has 1 aliphatic heterocycles. The lowest BCUT2D eigenvalue weighted by Crippen LogP contribution is -2.48. The molecule has 3 nitrogen and oxygen atoms in total. The molecule has 138 valence electrons.